The predicted octanol–water partition coefficient (Wildman–Crippen LogP) is 1.55. The number of thiazole rings is 1. The minimum absolute atomic E-state index is 0.0253. The fraction of sp³-hybridized carbons (Fsp3) is 0.688. The normalized spacial score (nSPS) is 22.8. The van der Waals surface area contributed by atoms with E-state index in [1.165, 1.54) is 11.3 Å². The summed E-state index contributed by atoms with van der Waals surface area (Å²) in [6, 6.07) is -0.446. The zero-order chi connectivity index (χ0) is 17.3. The third-order valence-corrected chi connectivity index (χ3v) is 6.19. The van der Waals surface area contributed by atoms with Gasteiger partial charge in [-0.2, -0.15) is 0 Å². The van der Waals surface area contributed by atoms with Gasteiger partial charge in [0, 0.05) is 26.2 Å². The second-order valence-electron chi connectivity index (χ2n) is 6.73. The van der Waals surface area contributed by atoms with Gasteiger partial charge in [0.15, 0.2) is 5.13 Å². The third kappa shape index (κ3) is 3.25. The molecule has 1 aromatic heterocycles. The fourth-order valence-electron chi connectivity index (χ4n) is 3.62. The number of aryl methyl sites for hydroxylation is 1. The van der Waals surface area contributed by atoms with E-state index < -0.39 is 12.0 Å². The van der Waals surface area contributed by atoms with E-state index in [-0.39, 0.29) is 11.3 Å². The molecule has 2 saturated heterocycles. The van der Waals surface area contributed by atoms with Crippen LogP contribution in [0.1, 0.15) is 41.6 Å². The van der Waals surface area contributed by atoms with Gasteiger partial charge in [0.05, 0.1) is 5.69 Å². The van der Waals surface area contributed by atoms with E-state index in [0.29, 0.717) is 24.4 Å². The van der Waals surface area contributed by atoms with E-state index in [4.69, 9.17) is 5.11 Å². The Morgan fingerprint density at radius 2 is 2.17 bits per heavy atom. The van der Waals surface area contributed by atoms with Crippen molar-refractivity contribution in [2.24, 2.45) is 5.41 Å². The van der Waals surface area contributed by atoms with Gasteiger partial charge in [-0.05, 0) is 38.5 Å². The average Bonchev–Trinajstić information content (AvgIpc) is 3.12. The van der Waals surface area contributed by atoms with Crippen LogP contribution >= 0.6 is 11.3 Å². The largest absolute Gasteiger partial charge is 0.480 e. The van der Waals surface area contributed by atoms with Crippen LogP contribution in [0.3, 0.4) is 0 Å². The lowest BCUT2D eigenvalue weighted by molar-refractivity contribution is -0.139. The first kappa shape index (κ1) is 17.2. The van der Waals surface area contributed by atoms with Gasteiger partial charge in [0.1, 0.15) is 10.9 Å². The molecule has 1 aromatic rings. The Kier molecular flexibility index (Phi) is 4.78. The summed E-state index contributed by atoms with van der Waals surface area (Å²) in [7, 11) is 0. The number of nitrogens with zero attached hydrogens (tertiary/aromatic N) is 2. The summed E-state index contributed by atoms with van der Waals surface area (Å²) in [4.78, 5) is 30.9. The quantitative estimate of drug-likeness (QED) is 0.761. The van der Waals surface area contributed by atoms with Crippen molar-refractivity contribution in [1.82, 2.24) is 15.2 Å². The molecule has 0 unspecified atom stereocenters. The van der Waals surface area contributed by atoms with Crippen LogP contribution in [0, 0.1) is 12.3 Å². The maximum absolute atomic E-state index is 12.8. The highest BCUT2D eigenvalue weighted by Gasteiger charge is 2.44. The molecule has 2 fully saturated rings. The summed E-state index contributed by atoms with van der Waals surface area (Å²) in [5.74, 6) is -0.730. The topological polar surface area (TPSA) is 94.6 Å². The first-order valence-corrected chi connectivity index (χ1v) is 9.22. The molecule has 2 aliphatic heterocycles. The third-order valence-electron chi connectivity index (χ3n) is 5.09. The van der Waals surface area contributed by atoms with Gasteiger partial charge >= 0.3 is 5.97 Å². The van der Waals surface area contributed by atoms with Crippen LogP contribution in [-0.4, -0.2) is 59.1 Å². The number of carboxylic acids is 1. The Hall–Kier alpha value is -1.67. The Morgan fingerprint density at radius 3 is 2.75 bits per heavy atom. The molecule has 0 aliphatic carbocycles. The number of nitrogens with one attached hydrogen (secondary N) is 2. The molecule has 1 amide bonds. The van der Waals surface area contributed by atoms with Gasteiger partial charge in [-0.25, -0.2) is 4.98 Å². The first-order chi connectivity index (χ1) is 11.4. The van der Waals surface area contributed by atoms with Crippen molar-refractivity contribution in [3.05, 3.63) is 10.6 Å². The summed E-state index contributed by atoms with van der Waals surface area (Å²) in [5, 5.41) is 16.2. The van der Waals surface area contributed by atoms with E-state index >= 15 is 0 Å². The van der Waals surface area contributed by atoms with Gasteiger partial charge in [-0.1, -0.05) is 11.3 Å². The molecule has 0 radical (unpaired) electrons. The zero-order valence-corrected chi connectivity index (χ0v) is 14.9. The maximum Gasteiger partial charge on any atom is 0.320 e. The van der Waals surface area contributed by atoms with Crippen LogP contribution in [0.25, 0.3) is 0 Å². The molecule has 0 aromatic carbocycles. The molecule has 1 atom stereocenters. The molecule has 24 heavy (non-hydrogen) atoms. The van der Waals surface area contributed by atoms with Gasteiger partial charge in [-0.15, -0.1) is 0 Å². The molecule has 0 bridgehead atoms. The average molecular weight is 352 g/mol. The molecule has 2 aliphatic rings. The molecular weight excluding hydrogens is 328 g/mol. The number of amides is 1. The van der Waals surface area contributed by atoms with Crippen molar-refractivity contribution in [2.45, 2.75) is 39.2 Å². The Balaban J connectivity index is 1.62. The number of hydrogen-bond acceptors (Lipinski definition) is 6. The molecule has 0 saturated carbocycles. The molecule has 8 heteroatoms. The summed E-state index contributed by atoms with van der Waals surface area (Å²) in [5.41, 5.74) is 0.798. The van der Waals surface area contributed by atoms with Crippen molar-refractivity contribution < 1.29 is 14.7 Å². The van der Waals surface area contributed by atoms with Crippen molar-refractivity contribution in [1.29, 1.82) is 0 Å². The number of piperidine rings is 1. The van der Waals surface area contributed by atoms with Crippen LogP contribution in [-0.2, 0) is 4.79 Å². The maximum atomic E-state index is 12.8. The lowest BCUT2D eigenvalue weighted by atomic mass is 9.76. The van der Waals surface area contributed by atoms with Crippen LogP contribution in [0.15, 0.2) is 0 Å². The van der Waals surface area contributed by atoms with E-state index in [9.17, 15) is 9.59 Å². The molecule has 3 N–H and O–H groups in total. The van der Waals surface area contributed by atoms with E-state index in [1.54, 1.807) is 0 Å². The highest BCUT2D eigenvalue weighted by atomic mass is 32.1. The number of carboxylic acid groups (broad SMARTS) is 1. The predicted molar refractivity (Wildman–Crippen MR) is 92.6 cm³/mol. The summed E-state index contributed by atoms with van der Waals surface area (Å²) in [6.07, 6.45) is 2.37. The number of aliphatic carboxylic acids is 1. The first-order valence-electron chi connectivity index (χ1n) is 8.41. The molecule has 132 valence electrons. The zero-order valence-electron chi connectivity index (χ0n) is 14.1. The number of carbonyl (C=O) groups excluding carboxylic acids is 1. The van der Waals surface area contributed by atoms with Crippen molar-refractivity contribution in [2.75, 3.05) is 31.5 Å². The highest BCUT2D eigenvalue weighted by molar-refractivity contribution is 7.17. The van der Waals surface area contributed by atoms with Gasteiger partial charge in [-0.3, -0.25) is 9.59 Å². The fourth-order valence-corrected chi connectivity index (χ4v) is 4.62. The molecule has 1 spiro atoms. The van der Waals surface area contributed by atoms with Crippen LogP contribution < -0.4 is 10.6 Å². The number of aromatic nitrogens is 1. The summed E-state index contributed by atoms with van der Waals surface area (Å²) in [6.45, 7) is 6.75. The Labute approximate surface area is 145 Å². The number of hydrogen-bond donors (Lipinski definition) is 3. The SMILES string of the molecule is CCNc1nc(C)c(C(=O)N2CCC3(CC2)CN[C@@H](C(=O)O)C3)s1. The second kappa shape index (κ2) is 6.68. The smallest absolute Gasteiger partial charge is 0.320 e. The Morgan fingerprint density at radius 1 is 1.46 bits per heavy atom. The lowest BCUT2D eigenvalue weighted by Crippen LogP contribution is -2.44. The van der Waals surface area contributed by atoms with E-state index in [2.05, 4.69) is 15.6 Å². The second-order valence-corrected chi connectivity index (χ2v) is 7.73. The molecular formula is C16H24N4O3S. The van der Waals surface area contributed by atoms with Crippen LogP contribution in [0.4, 0.5) is 5.13 Å². The van der Waals surface area contributed by atoms with Crippen LogP contribution in [0.2, 0.25) is 0 Å². The standard InChI is InChI=1S/C16H24N4O3S/c1-3-17-15-19-10(2)12(24-15)13(21)20-6-4-16(5-7-20)8-11(14(22)23)18-9-16/h11,18H,3-9H2,1-2H3,(H,17,19)(H,22,23)/t11-/m1/s1. The van der Waals surface area contributed by atoms with Crippen molar-refractivity contribution in [3.8, 4) is 0 Å². The van der Waals surface area contributed by atoms with Crippen molar-refractivity contribution in [3.63, 3.8) is 0 Å². The minimum Gasteiger partial charge on any atom is -0.480 e. The van der Waals surface area contributed by atoms with Gasteiger partial charge in [0.25, 0.3) is 5.91 Å². The molecule has 3 rings (SSSR count). The number of likely N-dealkylation sites (tertiary alicyclic amines) is 1. The van der Waals surface area contributed by atoms with Crippen molar-refractivity contribution >= 4 is 28.3 Å². The molecule has 3 heterocycles. The van der Waals surface area contributed by atoms with E-state index in [1.807, 2.05) is 18.7 Å². The minimum atomic E-state index is -0.776. The summed E-state index contributed by atoms with van der Waals surface area (Å²) >= 11 is 1.41. The number of carbonyl (C=O) groups is 2. The summed E-state index contributed by atoms with van der Waals surface area (Å²) < 4.78 is 0. The Bertz CT molecular complexity index is 637. The van der Waals surface area contributed by atoms with E-state index in [0.717, 1.165) is 36.8 Å². The lowest BCUT2D eigenvalue weighted by Gasteiger charge is -2.38. The monoisotopic (exact) mass is 352 g/mol. The number of anilines is 1. The van der Waals surface area contributed by atoms with Crippen LogP contribution in [0.5, 0.6) is 0 Å². The highest BCUT2D eigenvalue weighted by Crippen LogP contribution is 2.40. The van der Waals surface area contributed by atoms with Gasteiger partial charge in [0.2, 0.25) is 0 Å². The van der Waals surface area contributed by atoms with Gasteiger partial charge < -0.3 is 20.6 Å². The number of rotatable bonds is 4. The molecule has 7 nitrogen and oxygen atoms in total.